The molecule has 2 aromatic rings. The number of rotatable bonds is 6. The summed E-state index contributed by atoms with van der Waals surface area (Å²) in [6.45, 7) is 0.171. The molecule has 3 rings (SSSR count). The van der Waals surface area contributed by atoms with Crippen LogP contribution in [-0.4, -0.2) is 38.1 Å². The van der Waals surface area contributed by atoms with Crippen molar-refractivity contribution >= 4 is 17.3 Å². The zero-order valence-corrected chi connectivity index (χ0v) is 14.7. The fourth-order valence-corrected chi connectivity index (χ4v) is 3.09. The summed E-state index contributed by atoms with van der Waals surface area (Å²) in [6, 6.07) is 4.31. The van der Waals surface area contributed by atoms with E-state index in [0.717, 1.165) is 12.8 Å². The molecule has 9 nitrogen and oxygen atoms in total. The van der Waals surface area contributed by atoms with Gasteiger partial charge in [0.2, 0.25) is 0 Å². The molecule has 0 aliphatic heterocycles. The number of carbonyl (C=O) groups excluding carboxylic acids is 1. The Labute approximate surface area is 156 Å². The number of aromatic nitrogens is 2. The van der Waals surface area contributed by atoms with Crippen molar-refractivity contribution in [1.29, 1.82) is 0 Å². The first kappa shape index (κ1) is 18.7. The predicted octanol–water partition coefficient (Wildman–Crippen LogP) is 2.03. The van der Waals surface area contributed by atoms with Crippen molar-refractivity contribution in [3.05, 3.63) is 58.2 Å². The van der Waals surface area contributed by atoms with Crippen molar-refractivity contribution in [2.45, 2.75) is 44.4 Å². The summed E-state index contributed by atoms with van der Waals surface area (Å²) in [5.74, 6) is -0.428. The van der Waals surface area contributed by atoms with Crippen LogP contribution in [0.25, 0.3) is 0 Å². The maximum Gasteiger partial charge on any atom is 0.270 e. The average molecular weight is 371 g/mol. The summed E-state index contributed by atoms with van der Waals surface area (Å²) in [5.41, 5.74) is 1.19. The van der Waals surface area contributed by atoms with E-state index in [1.165, 1.54) is 24.5 Å². The van der Waals surface area contributed by atoms with Crippen LogP contribution in [0.15, 0.2) is 36.8 Å². The minimum atomic E-state index is -0.528. The first-order valence-electron chi connectivity index (χ1n) is 8.79. The van der Waals surface area contributed by atoms with Crippen molar-refractivity contribution in [1.82, 2.24) is 15.3 Å². The van der Waals surface area contributed by atoms with E-state index in [9.17, 15) is 20.0 Å². The number of amides is 1. The number of non-ortho nitro benzene ring substituents is 1. The van der Waals surface area contributed by atoms with Crippen LogP contribution in [0.1, 0.15) is 41.7 Å². The van der Waals surface area contributed by atoms with E-state index in [-0.39, 0.29) is 29.9 Å². The minimum absolute atomic E-state index is 0.112. The molecule has 0 spiro atoms. The predicted molar refractivity (Wildman–Crippen MR) is 98.2 cm³/mol. The largest absolute Gasteiger partial charge is 0.393 e. The highest BCUT2D eigenvalue weighted by atomic mass is 16.6. The molecule has 1 fully saturated rings. The SMILES string of the molecule is O=C(NCc1cnccn1)c1cc([N+](=O)[O-])ccc1N[C@H]1CC[C@H](O)CC1. The highest BCUT2D eigenvalue weighted by molar-refractivity contribution is 6.00. The summed E-state index contributed by atoms with van der Waals surface area (Å²) in [4.78, 5) is 31.2. The number of nitro benzene ring substituents is 1. The Kier molecular flexibility index (Phi) is 5.92. The van der Waals surface area contributed by atoms with Crippen LogP contribution in [0.5, 0.6) is 0 Å². The molecule has 0 radical (unpaired) electrons. The van der Waals surface area contributed by atoms with Gasteiger partial charge in [-0.25, -0.2) is 0 Å². The summed E-state index contributed by atoms with van der Waals surface area (Å²) >= 11 is 0. The Morgan fingerprint density at radius 2 is 2.04 bits per heavy atom. The summed E-state index contributed by atoms with van der Waals surface area (Å²) < 4.78 is 0. The molecular formula is C18H21N5O4. The van der Waals surface area contributed by atoms with Crippen LogP contribution in [0, 0.1) is 10.1 Å². The van der Waals surface area contributed by atoms with E-state index >= 15 is 0 Å². The normalized spacial score (nSPS) is 19.3. The third-order valence-corrected chi connectivity index (χ3v) is 4.56. The van der Waals surface area contributed by atoms with Gasteiger partial charge in [0.25, 0.3) is 11.6 Å². The Hall–Kier alpha value is -3.07. The van der Waals surface area contributed by atoms with Gasteiger partial charge in [-0.15, -0.1) is 0 Å². The van der Waals surface area contributed by atoms with E-state index in [0.29, 0.717) is 24.2 Å². The van der Waals surface area contributed by atoms with Crippen LogP contribution < -0.4 is 10.6 Å². The van der Waals surface area contributed by atoms with Crippen LogP contribution in [-0.2, 0) is 6.54 Å². The zero-order valence-electron chi connectivity index (χ0n) is 14.7. The molecule has 1 aromatic carbocycles. The molecular weight excluding hydrogens is 350 g/mol. The van der Waals surface area contributed by atoms with E-state index in [4.69, 9.17) is 0 Å². The van der Waals surface area contributed by atoms with E-state index in [1.54, 1.807) is 12.3 Å². The lowest BCUT2D eigenvalue weighted by molar-refractivity contribution is -0.384. The fourth-order valence-electron chi connectivity index (χ4n) is 3.09. The summed E-state index contributed by atoms with van der Waals surface area (Å²) in [6.07, 6.45) is 7.26. The molecule has 1 heterocycles. The molecule has 142 valence electrons. The number of benzene rings is 1. The van der Waals surface area contributed by atoms with Crippen molar-refractivity contribution in [3.63, 3.8) is 0 Å². The topological polar surface area (TPSA) is 130 Å². The van der Waals surface area contributed by atoms with Crippen LogP contribution in [0.2, 0.25) is 0 Å². The molecule has 1 aromatic heterocycles. The number of carbonyl (C=O) groups is 1. The molecule has 1 aliphatic carbocycles. The standard InChI is InChI=1S/C18H21N5O4/c24-15-4-1-12(2-5-15)22-17-6-3-14(23(26)27)9-16(17)18(25)21-11-13-10-19-7-8-20-13/h3,6-10,12,15,22,24H,1-2,4-5,11H2,(H,21,25)/t12-,15-. The van der Waals surface area contributed by atoms with Crippen molar-refractivity contribution in [3.8, 4) is 0 Å². The lowest BCUT2D eigenvalue weighted by Crippen LogP contribution is -2.30. The van der Waals surface area contributed by atoms with Gasteiger partial charge in [-0.2, -0.15) is 0 Å². The Morgan fingerprint density at radius 3 is 2.70 bits per heavy atom. The Morgan fingerprint density at radius 1 is 1.26 bits per heavy atom. The lowest BCUT2D eigenvalue weighted by atomic mass is 9.92. The fraction of sp³-hybridized carbons (Fsp3) is 0.389. The number of nitro groups is 1. The van der Waals surface area contributed by atoms with Gasteiger partial charge in [-0.05, 0) is 31.7 Å². The number of nitrogens with zero attached hydrogens (tertiary/aromatic N) is 3. The third kappa shape index (κ3) is 4.98. The second-order valence-electron chi connectivity index (χ2n) is 6.52. The molecule has 0 unspecified atom stereocenters. The van der Waals surface area contributed by atoms with Gasteiger partial charge in [0.15, 0.2) is 0 Å². The zero-order chi connectivity index (χ0) is 19.2. The van der Waals surface area contributed by atoms with Gasteiger partial charge < -0.3 is 15.7 Å². The van der Waals surface area contributed by atoms with Gasteiger partial charge in [0.1, 0.15) is 0 Å². The number of aliphatic hydroxyl groups is 1. The average Bonchev–Trinajstić information content (AvgIpc) is 2.69. The first-order chi connectivity index (χ1) is 13.0. The summed E-state index contributed by atoms with van der Waals surface area (Å²) in [5, 5.41) is 26.7. The summed E-state index contributed by atoms with van der Waals surface area (Å²) in [7, 11) is 0. The van der Waals surface area contributed by atoms with Gasteiger partial charge in [0.05, 0.1) is 35.0 Å². The van der Waals surface area contributed by atoms with Crippen LogP contribution in [0.3, 0.4) is 0 Å². The maximum atomic E-state index is 12.6. The third-order valence-electron chi connectivity index (χ3n) is 4.56. The van der Waals surface area contributed by atoms with E-state index in [1.807, 2.05) is 0 Å². The molecule has 9 heteroatoms. The van der Waals surface area contributed by atoms with Gasteiger partial charge >= 0.3 is 0 Å². The second-order valence-corrected chi connectivity index (χ2v) is 6.52. The molecule has 1 aliphatic rings. The monoisotopic (exact) mass is 371 g/mol. The van der Waals surface area contributed by atoms with Crippen molar-refractivity contribution < 1.29 is 14.8 Å². The minimum Gasteiger partial charge on any atom is -0.393 e. The molecule has 0 saturated heterocycles. The number of nitrogens with one attached hydrogen (secondary N) is 2. The molecule has 1 amide bonds. The highest BCUT2D eigenvalue weighted by Crippen LogP contribution is 2.27. The molecule has 0 atom stereocenters. The second kappa shape index (κ2) is 8.54. The molecule has 3 N–H and O–H groups in total. The van der Waals surface area contributed by atoms with Crippen molar-refractivity contribution in [2.24, 2.45) is 0 Å². The van der Waals surface area contributed by atoms with E-state index in [2.05, 4.69) is 20.6 Å². The van der Waals surface area contributed by atoms with Crippen molar-refractivity contribution in [2.75, 3.05) is 5.32 Å². The first-order valence-corrected chi connectivity index (χ1v) is 8.79. The van der Waals surface area contributed by atoms with E-state index < -0.39 is 10.8 Å². The number of hydrogen-bond donors (Lipinski definition) is 3. The number of anilines is 1. The molecule has 1 saturated carbocycles. The maximum absolute atomic E-state index is 12.6. The number of hydrogen-bond acceptors (Lipinski definition) is 7. The van der Waals surface area contributed by atoms with Crippen LogP contribution in [0.4, 0.5) is 11.4 Å². The quantitative estimate of drug-likeness (QED) is 0.523. The highest BCUT2D eigenvalue weighted by Gasteiger charge is 2.22. The van der Waals surface area contributed by atoms with Gasteiger partial charge in [0, 0.05) is 36.3 Å². The van der Waals surface area contributed by atoms with Gasteiger partial charge in [-0.1, -0.05) is 0 Å². The lowest BCUT2D eigenvalue weighted by Gasteiger charge is -2.27. The van der Waals surface area contributed by atoms with Crippen LogP contribution >= 0.6 is 0 Å². The Bertz CT molecular complexity index is 807. The smallest absolute Gasteiger partial charge is 0.270 e. The number of aliphatic hydroxyl groups excluding tert-OH is 1. The van der Waals surface area contributed by atoms with Gasteiger partial charge in [-0.3, -0.25) is 24.9 Å². The molecule has 0 bridgehead atoms. The Balaban J connectivity index is 1.76. The molecule has 27 heavy (non-hydrogen) atoms.